The minimum Gasteiger partial charge on any atom is -0.366 e. The Balaban J connectivity index is 1.59. The average Bonchev–Trinajstić information content (AvgIpc) is 3.23. The Morgan fingerprint density at radius 1 is 1.41 bits per heavy atom. The molecule has 0 aromatic carbocycles. The molecule has 2 heterocycles. The normalized spacial score (nSPS) is 25.9. The maximum absolute atomic E-state index is 12.2. The number of fused-ring (bicyclic) bond motifs is 1. The number of ether oxygens (including phenoxy) is 1. The van der Waals surface area contributed by atoms with E-state index < -0.39 is 13.0 Å². The largest absolute Gasteiger partial charge is 0.366 e. The molecular weight excluding hydrogens is 358 g/mol. The van der Waals surface area contributed by atoms with E-state index in [1.165, 1.54) is 0 Å². The van der Waals surface area contributed by atoms with Crippen molar-refractivity contribution in [1.29, 1.82) is 0 Å². The molecule has 1 aliphatic carbocycles. The minimum atomic E-state index is -2.56. The van der Waals surface area contributed by atoms with Crippen molar-refractivity contribution in [2.75, 3.05) is 19.8 Å². The second kappa shape index (κ2) is 7.75. The molecule has 10 heteroatoms. The molecule has 8 nitrogen and oxygen atoms in total. The summed E-state index contributed by atoms with van der Waals surface area (Å²) in [5.41, 5.74) is -0.537. The molecule has 1 N–H and O–H groups in total. The number of tetrazole rings is 1. The molecule has 152 valence electrons. The van der Waals surface area contributed by atoms with Crippen LogP contribution >= 0.6 is 0 Å². The molecule has 1 aliphatic heterocycles. The van der Waals surface area contributed by atoms with E-state index in [1.54, 1.807) is 4.80 Å². The lowest BCUT2D eigenvalue weighted by Gasteiger charge is -2.33. The van der Waals surface area contributed by atoms with Gasteiger partial charge in [0.05, 0.1) is 17.6 Å². The highest BCUT2D eigenvalue weighted by molar-refractivity contribution is 5.78. The van der Waals surface area contributed by atoms with E-state index in [-0.39, 0.29) is 29.6 Å². The lowest BCUT2D eigenvalue weighted by Crippen LogP contribution is -2.54. The van der Waals surface area contributed by atoms with Crippen LogP contribution in [0.3, 0.4) is 0 Å². The minimum absolute atomic E-state index is 0.193. The van der Waals surface area contributed by atoms with Gasteiger partial charge < -0.3 is 10.1 Å². The van der Waals surface area contributed by atoms with Gasteiger partial charge >= 0.3 is 0 Å². The first-order valence-corrected chi connectivity index (χ1v) is 9.40. The lowest BCUT2D eigenvalue weighted by molar-refractivity contribution is -0.129. The Labute approximate surface area is 157 Å². The van der Waals surface area contributed by atoms with Crippen LogP contribution in [0.4, 0.5) is 8.78 Å². The number of nitrogens with one attached hydrogen (secondary N) is 1. The first-order valence-electron chi connectivity index (χ1n) is 9.40. The zero-order valence-electron chi connectivity index (χ0n) is 16.1. The van der Waals surface area contributed by atoms with Crippen LogP contribution in [0.1, 0.15) is 52.3 Å². The van der Waals surface area contributed by atoms with Gasteiger partial charge in [0.1, 0.15) is 13.2 Å². The van der Waals surface area contributed by atoms with Crippen molar-refractivity contribution in [2.45, 2.75) is 76.5 Å². The van der Waals surface area contributed by atoms with E-state index in [0.717, 1.165) is 32.2 Å². The zero-order valence-corrected chi connectivity index (χ0v) is 16.1. The van der Waals surface area contributed by atoms with Gasteiger partial charge in [0.25, 0.3) is 6.43 Å². The van der Waals surface area contributed by atoms with Crippen molar-refractivity contribution in [3.8, 4) is 0 Å². The summed E-state index contributed by atoms with van der Waals surface area (Å²) < 4.78 is 29.1. The van der Waals surface area contributed by atoms with Crippen LogP contribution in [-0.2, 0) is 21.6 Å². The molecule has 0 radical (unpaired) electrons. The topological polar surface area (TPSA) is 85.2 Å². The monoisotopic (exact) mass is 386 g/mol. The van der Waals surface area contributed by atoms with Crippen molar-refractivity contribution in [1.82, 2.24) is 30.4 Å². The quantitative estimate of drug-likeness (QED) is 0.761. The smallest absolute Gasteiger partial charge is 0.261 e. The number of hydrogen-bond acceptors (Lipinski definition) is 6. The van der Waals surface area contributed by atoms with Gasteiger partial charge in [-0.3, -0.25) is 9.69 Å². The maximum Gasteiger partial charge on any atom is 0.261 e. The van der Waals surface area contributed by atoms with Gasteiger partial charge in [0.15, 0.2) is 5.82 Å². The summed E-state index contributed by atoms with van der Waals surface area (Å²) in [6, 6.07) is 0.193. The van der Waals surface area contributed by atoms with E-state index in [4.69, 9.17) is 4.74 Å². The first-order chi connectivity index (χ1) is 12.7. The molecular formula is C17H28F2N6O2. The summed E-state index contributed by atoms with van der Waals surface area (Å²) in [4.78, 5) is 16.1. The number of halogens is 2. The van der Waals surface area contributed by atoms with Gasteiger partial charge in [-0.2, -0.15) is 4.80 Å². The van der Waals surface area contributed by atoms with Crippen molar-refractivity contribution >= 4 is 5.91 Å². The van der Waals surface area contributed by atoms with E-state index in [0.29, 0.717) is 12.4 Å². The van der Waals surface area contributed by atoms with Crippen LogP contribution in [0.25, 0.3) is 0 Å². The second-order valence-electron chi connectivity index (χ2n) is 8.40. The van der Waals surface area contributed by atoms with Gasteiger partial charge in [0, 0.05) is 12.6 Å². The fraction of sp³-hybridized carbons (Fsp3) is 0.882. The zero-order chi connectivity index (χ0) is 19.7. The maximum atomic E-state index is 12.2. The van der Waals surface area contributed by atoms with Crippen LogP contribution < -0.4 is 5.32 Å². The number of alkyl halides is 2. The van der Waals surface area contributed by atoms with Crippen LogP contribution in [0.2, 0.25) is 0 Å². The molecule has 1 aromatic rings. The third-order valence-electron chi connectivity index (χ3n) is 5.29. The summed E-state index contributed by atoms with van der Waals surface area (Å²) in [5.74, 6) is 0.334. The molecule has 2 unspecified atom stereocenters. The number of likely N-dealkylation sites (tertiary alicyclic amines) is 1. The van der Waals surface area contributed by atoms with E-state index >= 15 is 0 Å². The molecule has 1 aromatic heterocycles. The van der Waals surface area contributed by atoms with Gasteiger partial charge in [-0.15, -0.1) is 10.2 Å². The standard InChI is InChI=1S/C17H28F2N6O2/c1-16(2,3)25-22-14(21-23-25)9-24-8-7-17(6-4-5-12(17)24)20-15(26)11-27-10-13(18)19/h12-13H,4-11H2,1-3H3,(H,20,26). The Hall–Kier alpha value is -1.68. The number of amides is 1. The highest BCUT2D eigenvalue weighted by Crippen LogP contribution is 2.42. The Bertz CT molecular complexity index is 662. The molecule has 0 bridgehead atoms. The molecule has 1 saturated heterocycles. The molecule has 1 amide bonds. The highest BCUT2D eigenvalue weighted by atomic mass is 19.3. The number of hydrogen-bond donors (Lipinski definition) is 1. The molecule has 2 atom stereocenters. The second-order valence-corrected chi connectivity index (χ2v) is 8.40. The van der Waals surface area contributed by atoms with Gasteiger partial charge in [-0.1, -0.05) is 0 Å². The van der Waals surface area contributed by atoms with E-state index in [2.05, 4.69) is 25.6 Å². The molecule has 1 saturated carbocycles. The fourth-order valence-corrected chi connectivity index (χ4v) is 4.10. The molecule has 2 fully saturated rings. The summed E-state index contributed by atoms with van der Waals surface area (Å²) in [5, 5.41) is 15.8. The van der Waals surface area contributed by atoms with Gasteiger partial charge in [-0.05, 0) is 51.7 Å². The summed E-state index contributed by atoms with van der Waals surface area (Å²) in [6.07, 6.45) is 1.14. The van der Waals surface area contributed by atoms with Gasteiger partial charge in [-0.25, -0.2) is 8.78 Å². The number of carbonyl (C=O) groups excluding carboxylic acids is 1. The molecule has 27 heavy (non-hydrogen) atoms. The van der Waals surface area contributed by atoms with Crippen molar-refractivity contribution in [3.63, 3.8) is 0 Å². The lowest BCUT2D eigenvalue weighted by atomic mass is 9.93. The summed E-state index contributed by atoms with van der Waals surface area (Å²) >= 11 is 0. The summed E-state index contributed by atoms with van der Waals surface area (Å²) in [7, 11) is 0. The van der Waals surface area contributed by atoms with Gasteiger partial charge in [0.2, 0.25) is 5.91 Å². The van der Waals surface area contributed by atoms with Crippen LogP contribution in [0.15, 0.2) is 0 Å². The first kappa shape index (κ1) is 20.1. The summed E-state index contributed by atoms with van der Waals surface area (Å²) in [6.45, 7) is 6.41. The van der Waals surface area contributed by atoms with Crippen LogP contribution in [0.5, 0.6) is 0 Å². The number of carbonyl (C=O) groups is 1. The van der Waals surface area contributed by atoms with E-state index in [1.807, 2.05) is 20.8 Å². The van der Waals surface area contributed by atoms with Crippen molar-refractivity contribution in [2.24, 2.45) is 0 Å². The Morgan fingerprint density at radius 2 is 2.19 bits per heavy atom. The third kappa shape index (κ3) is 4.60. The van der Waals surface area contributed by atoms with Crippen LogP contribution in [0, 0.1) is 0 Å². The molecule has 3 rings (SSSR count). The fourth-order valence-electron chi connectivity index (χ4n) is 4.10. The number of aromatic nitrogens is 4. The van der Waals surface area contributed by atoms with Crippen molar-refractivity contribution in [3.05, 3.63) is 5.82 Å². The van der Waals surface area contributed by atoms with E-state index in [9.17, 15) is 13.6 Å². The molecule has 2 aliphatic rings. The van der Waals surface area contributed by atoms with Crippen LogP contribution in [-0.4, -0.2) is 68.8 Å². The highest BCUT2D eigenvalue weighted by Gasteiger charge is 2.51. The number of nitrogens with zero attached hydrogens (tertiary/aromatic N) is 5. The SMILES string of the molecule is CC(C)(C)n1nnc(CN2CCC3(NC(=O)COCC(F)F)CCCC23)n1. The Morgan fingerprint density at radius 3 is 2.85 bits per heavy atom. The number of rotatable bonds is 7. The third-order valence-corrected chi connectivity index (χ3v) is 5.29. The molecule has 0 spiro atoms. The Kier molecular flexibility index (Phi) is 5.76. The predicted molar refractivity (Wildman–Crippen MR) is 93.2 cm³/mol. The predicted octanol–water partition coefficient (Wildman–Crippen LogP) is 1.32. The van der Waals surface area contributed by atoms with Crippen molar-refractivity contribution < 1.29 is 18.3 Å². The average molecular weight is 386 g/mol.